The predicted octanol–water partition coefficient (Wildman–Crippen LogP) is 8.11. The SMILES string of the molecule is CC.CC.CC1(C)OCc2cc(C(O)CNCCCCCCOCCOCc3c(Cl)cccc3Cl)ccc2O1. The average Bonchev–Trinajstić information content (AvgIpc) is 2.94. The maximum absolute atomic E-state index is 10.5. The second kappa shape index (κ2) is 20.5. The zero-order valence-corrected chi connectivity index (χ0v) is 26.2. The number of unbranched alkanes of at least 4 members (excludes halogenated alkanes) is 3. The van der Waals surface area contributed by atoms with Gasteiger partial charge in [-0.05, 0) is 49.2 Å². The number of halogens is 2. The van der Waals surface area contributed by atoms with Crippen LogP contribution in [0.25, 0.3) is 0 Å². The van der Waals surface area contributed by atoms with Gasteiger partial charge in [-0.1, -0.05) is 75.9 Å². The molecular weight excluding hydrogens is 537 g/mol. The number of ether oxygens (including phenoxy) is 4. The molecule has 0 radical (unpaired) electrons. The van der Waals surface area contributed by atoms with Gasteiger partial charge < -0.3 is 29.4 Å². The number of hydrogen-bond acceptors (Lipinski definition) is 6. The Bertz CT molecular complexity index is 906. The molecule has 1 atom stereocenters. The van der Waals surface area contributed by atoms with Crippen LogP contribution in [0.1, 0.15) is 90.0 Å². The van der Waals surface area contributed by atoms with Gasteiger partial charge in [-0.25, -0.2) is 0 Å². The fourth-order valence-corrected chi connectivity index (χ4v) is 4.30. The molecule has 8 heteroatoms. The number of benzene rings is 2. The quantitative estimate of drug-likeness (QED) is 0.206. The highest BCUT2D eigenvalue weighted by atomic mass is 35.5. The van der Waals surface area contributed by atoms with Gasteiger partial charge in [0.05, 0.1) is 32.5 Å². The summed E-state index contributed by atoms with van der Waals surface area (Å²) < 4.78 is 22.7. The third-order valence-corrected chi connectivity index (χ3v) is 6.52. The Balaban J connectivity index is 0.00000181. The molecule has 39 heavy (non-hydrogen) atoms. The lowest BCUT2D eigenvalue weighted by Crippen LogP contribution is -2.35. The summed E-state index contributed by atoms with van der Waals surface area (Å²) in [5, 5.41) is 15.1. The minimum atomic E-state index is -0.609. The lowest BCUT2D eigenvalue weighted by atomic mass is 10.0. The largest absolute Gasteiger partial charge is 0.463 e. The summed E-state index contributed by atoms with van der Waals surface area (Å²) in [6.45, 7) is 15.9. The number of fused-ring (bicyclic) bond motifs is 1. The van der Waals surface area contributed by atoms with Crippen LogP contribution in [0.2, 0.25) is 10.0 Å². The van der Waals surface area contributed by atoms with Crippen LogP contribution in [-0.2, 0) is 27.4 Å². The molecular formula is C31H49Cl2NO5. The smallest absolute Gasteiger partial charge is 0.205 e. The minimum absolute atomic E-state index is 0.386. The molecule has 0 aromatic heterocycles. The first-order valence-electron chi connectivity index (χ1n) is 14.3. The summed E-state index contributed by atoms with van der Waals surface area (Å²) in [7, 11) is 0. The van der Waals surface area contributed by atoms with Crippen molar-refractivity contribution in [2.75, 3.05) is 32.9 Å². The molecule has 2 aromatic carbocycles. The van der Waals surface area contributed by atoms with Crippen molar-refractivity contribution < 1.29 is 24.1 Å². The molecule has 0 aliphatic carbocycles. The van der Waals surface area contributed by atoms with Crippen molar-refractivity contribution in [2.45, 2.75) is 92.3 Å². The van der Waals surface area contributed by atoms with Gasteiger partial charge in [0.15, 0.2) is 0 Å². The number of aliphatic hydroxyl groups excluding tert-OH is 1. The van der Waals surface area contributed by atoms with Gasteiger partial charge in [0.2, 0.25) is 5.79 Å². The molecule has 2 aromatic rings. The summed E-state index contributed by atoms with van der Waals surface area (Å²) in [6, 6.07) is 11.2. The highest BCUT2D eigenvalue weighted by Gasteiger charge is 2.27. The predicted molar refractivity (Wildman–Crippen MR) is 162 cm³/mol. The summed E-state index contributed by atoms with van der Waals surface area (Å²) >= 11 is 12.3. The van der Waals surface area contributed by atoms with Crippen LogP contribution in [0.4, 0.5) is 0 Å². The number of aliphatic hydroxyl groups is 1. The van der Waals surface area contributed by atoms with E-state index in [0.29, 0.717) is 43.0 Å². The Morgan fingerprint density at radius 2 is 1.59 bits per heavy atom. The van der Waals surface area contributed by atoms with E-state index in [4.69, 9.17) is 42.1 Å². The molecule has 0 saturated carbocycles. The maximum atomic E-state index is 10.5. The molecule has 0 amide bonds. The van der Waals surface area contributed by atoms with Gasteiger partial charge in [-0.2, -0.15) is 0 Å². The van der Waals surface area contributed by atoms with E-state index in [1.165, 1.54) is 0 Å². The minimum Gasteiger partial charge on any atom is -0.463 e. The first-order chi connectivity index (χ1) is 18.9. The molecule has 6 nitrogen and oxygen atoms in total. The van der Waals surface area contributed by atoms with Gasteiger partial charge in [0, 0.05) is 48.2 Å². The Hall–Kier alpha value is -1.38. The monoisotopic (exact) mass is 585 g/mol. The molecule has 0 saturated heterocycles. The molecule has 1 aliphatic rings. The Kier molecular flexibility index (Phi) is 18.7. The van der Waals surface area contributed by atoms with E-state index in [1.807, 2.05) is 77.9 Å². The first-order valence-corrected chi connectivity index (χ1v) is 15.0. The molecule has 2 N–H and O–H groups in total. The van der Waals surface area contributed by atoms with Crippen molar-refractivity contribution in [3.8, 4) is 5.75 Å². The van der Waals surface area contributed by atoms with E-state index >= 15 is 0 Å². The van der Waals surface area contributed by atoms with E-state index in [2.05, 4.69) is 5.32 Å². The zero-order valence-electron chi connectivity index (χ0n) is 24.7. The highest BCUT2D eigenvalue weighted by molar-refractivity contribution is 6.35. The molecule has 0 bridgehead atoms. The Labute approximate surface area is 246 Å². The maximum Gasteiger partial charge on any atom is 0.205 e. The average molecular weight is 587 g/mol. The van der Waals surface area contributed by atoms with E-state index in [-0.39, 0.29) is 0 Å². The first kappa shape index (κ1) is 35.6. The molecule has 1 heterocycles. The summed E-state index contributed by atoms with van der Waals surface area (Å²) in [5.41, 5.74) is 2.66. The van der Waals surface area contributed by atoms with Crippen LogP contribution < -0.4 is 10.1 Å². The van der Waals surface area contributed by atoms with Crippen molar-refractivity contribution in [3.05, 3.63) is 63.1 Å². The third kappa shape index (κ3) is 13.7. The molecule has 1 aliphatic heterocycles. The lowest BCUT2D eigenvalue weighted by molar-refractivity contribution is -0.180. The third-order valence-electron chi connectivity index (χ3n) is 5.81. The standard InChI is InChI=1S/C27H37Cl2NO5.2C2H6/c1-27(2)34-18-21-16-20(10-11-26(21)35-27)25(31)17-30-12-5-3-4-6-13-32-14-15-33-19-22-23(28)8-7-9-24(22)29;2*1-2/h7-11,16,25,30-31H,3-6,12-15,17-19H2,1-2H3;2*1-2H3. The molecule has 1 unspecified atom stereocenters. The van der Waals surface area contributed by atoms with Gasteiger partial charge >= 0.3 is 0 Å². The van der Waals surface area contributed by atoms with Gasteiger partial charge in [0.25, 0.3) is 0 Å². The molecule has 0 spiro atoms. The van der Waals surface area contributed by atoms with Crippen LogP contribution >= 0.6 is 23.2 Å². The number of hydrogen-bond donors (Lipinski definition) is 2. The van der Waals surface area contributed by atoms with Crippen molar-refractivity contribution in [3.63, 3.8) is 0 Å². The van der Waals surface area contributed by atoms with Crippen molar-refractivity contribution in [1.82, 2.24) is 5.32 Å². The van der Waals surface area contributed by atoms with Crippen LogP contribution in [0, 0.1) is 0 Å². The fraction of sp³-hybridized carbons (Fsp3) is 0.613. The van der Waals surface area contributed by atoms with Gasteiger partial charge in [-0.15, -0.1) is 0 Å². The Morgan fingerprint density at radius 3 is 2.31 bits per heavy atom. The molecule has 222 valence electrons. The lowest BCUT2D eigenvalue weighted by Gasteiger charge is -2.33. The summed E-state index contributed by atoms with van der Waals surface area (Å²) in [5.74, 6) is 0.214. The van der Waals surface area contributed by atoms with Crippen LogP contribution in [0.5, 0.6) is 5.75 Å². The van der Waals surface area contributed by atoms with Gasteiger partial charge in [-0.3, -0.25) is 0 Å². The highest BCUT2D eigenvalue weighted by Crippen LogP contribution is 2.32. The summed E-state index contributed by atoms with van der Waals surface area (Å²) in [4.78, 5) is 0. The topological polar surface area (TPSA) is 69.2 Å². The summed E-state index contributed by atoms with van der Waals surface area (Å²) in [6.07, 6.45) is 3.77. The second-order valence-corrected chi connectivity index (χ2v) is 9.97. The van der Waals surface area contributed by atoms with Crippen LogP contribution in [0.15, 0.2) is 36.4 Å². The van der Waals surface area contributed by atoms with Crippen molar-refractivity contribution in [1.29, 1.82) is 0 Å². The van der Waals surface area contributed by atoms with E-state index in [0.717, 1.165) is 61.3 Å². The van der Waals surface area contributed by atoms with Crippen molar-refractivity contribution >= 4 is 23.2 Å². The van der Waals surface area contributed by atoms with E-state index in [1.54, 1.807) is 0 Å². The van der Waals surface area contributed by atoms with Crippen molar-refractivity contribution in [2.24, 2.45) is 0 Å². The Morgan fingerprint density at radius 1 is 0.923 bits per heavy atom. The molecule has 3 rings (SSSR count). The van der Waals surface area contributed by atoms with Gasteiger partial charge in [0.1, 0.15) is 5.75 Å². The van der Waals surface area contributed by atoms with Crippen LogP contribution in [0.3, 0.4) is 0 Å². The zero-order chi connectivity index (χ0) is 29.1. The fourth-order valence-electron chi connectivity index (χ4n) is 3.79. The van der Waals surface area contributed by atoms with E-state index in [9.17, 15) is 5.11 Å². The van der Waals surface area contributed by atoms with Crippen LogP contribution in [-0.4, -0.2) is 43.8 Å². The normalized spacial score (nSPS) is 14.2. The number of nitrogens with one attached hydrogen (secondary N) is 1. The molecule has 0 fully saturated rings. The number of rotatable bonds is 15. The second-order valence-electron chi connectivity index (χ2n) is 9.16. The van der Waals surface area contributed by atoms with E-state index < -0.39 is 11.9 Å².